The van der Waals surface area contributed by atoms with Gasteiger partial charge in [-0.15, -0.1) is 0 Å². The van der Waals surface area contributed by atoms with E-state index in [1.54, 1.807) is 0 Å². The van der Waals surface area contributed by atoms with Gasteiger partial charge in [0.1, 0.15) is 0 Å². The lowest BCUT2D eigenvalue weighted by Gasteiger charge is -2.07. The molecule has 86 valence electrons. The molecule has 0 saturated heterocycles. The lowest BCUT2D eigenvalue weighted by Crippen LogP contribution is -2.00. The van der Waals surface area contributed by atoms with Gasteiger partial charge in [0.25, 0.3) is 15.5 Å². The van der Waals surface area contributed by atoms with E-state index in [4.69, 9.17) is 15.9 Å². The third-order valence-electron chi connectivity index (χ3n) is 1.97. The van der Waals surface area contributed by atoms with E-state index in [0.29, 0.717) is 0 Å². The van der Waals surface area contributed by atoms with E-state index >= 15 is 0 Å². The minimum absolute atomic E-state index is 0.0873. The zero-order valence-electron chi connectivity index (χ0n) is 8.04. The Labute approximate surface area is 95.7 Å². The van der Waals surface area contributed by atoms with Crippen LogP contribution in [0.1, 0.15) is 23.1 Å². The summed E-state index contributed by atoms with van der Waals surface area (Å²) in [5.74, 6) is 0. The van der Waals surface area contributed by atoms with E-state index in [9.17, 15) is 17.2 Å². The van der Waals surface area contributed by atoms with Crippen molar-refractivity contribution in [2.24, 2.45) is 0 Å². The Kier molecular flexibility index (Phi) is 3.51. The second-order valence-corrected chi connectivity index (χ2v) is 5.59. The number of benzene rings is 1. The Morgan fingerprint density at radius 1 is 1.44 bits per heavy atom. The highest BCUT2D eigenvalue weighted by Gasteiger charge is 2.20. The zero-order valence-corrected chi connectivity index (χ0v) is 9.61. The molecule has 0 saturated carbocycles. The van der Waals surface area contributed by atoms with E-state index in [2.05, 4.69) is 0 Å². The Hall–Kier alpha value is -1.19. The van der Waals surface area contributed by atoms with Crippen LogP contribution in [-0.2, 0) is 9.05 Å². The van der Waals surface area contributed by atoms with Gasteiger partial charge in [-0.05, 0) is 24.6 Å². The Morgan fingerprint density at radius 3 is 2.38 bits per heavy atom. The monoisotopic (exact) mass is 265 g/mol. The summed E-state index contributed by atoms with van der Waals surface area (Å²) in [6.07, 6.45) is -2.83. The molecule has 0 aromatic heterocycles. The van der Waals surface area contributed by atoms with E-state index in [1.165, 1.54) is 13.0 Å². The first-order chi connectivity index (χ1) is 7.27. The molecular formula is C9H6ClF2NO2S. The first-order valence-corrected chi connectivity index (χ1v) is 6.35. The molecule has 0 fully saturated rings. The number of hydrogen-bond acceptors (Lipinski definition) is 3. The second kappa shape index (κ2) is 4.36. The maximum absolute atomic E-state index is 12.5. The van der Waals surface area contributed by atoms with Crippen molar-refractivity contribution in [3.8, 4) is 6.07 Å². The first kappa shape index (κ1) is 12.9. The van der Waals surface area contributed by atoms with Gasteiger partial charge >= 0.3 is 0 Å². The van der Waals surface area contributed by atoms with E-state index in [0.717, 1.165) is 12.1 Å². The fourth-order valence-electron chi connectivity index (χ4n) is 1.25. The van der Waals surface area contributed by atoms with Crippen LogP contribution in [0.3, 0.4) is 0 Å². The molecule has 0 spiro atoms. The molecule has 0 aliphatic heterocycles. The summed E-state index contributed by atoms with van der Waals surface area (Å²) in [6, 6.07) is 3.33. The van der Waals surface area contributed by atoms with Gasteiger partial charge < -0.3 is 0 Å². The average Bonchev–Trinajstić information content (AvgIpc) is 2.15. The standard InChI is InChI=1S/C9H6ClF2NO2S/c1-5-2-7(9(11)12)6(4-13)3-8(5)16(10,14)15/h2-3,9H,1H3. The quantitative estimate of drug-likeness (QED) is 0.773. The number of aryl methyl sites for hydroxylation is 1. The first-order valence-electron chi connectivity index (χ1n) is 4.05. The largest absolute Gasteiger partial charge is 0.265 e. The van der Waals surface area contributed by atoms with Crippen LogP contribution < -0.4 is 0 Å². The molecule has 0 heterocycles. The molecule has 0 unspecified atom stereocenters. The summed E-state index contributed by atoms with van der Waals surface area (Å²) in [5.41, 5.74) is -0.798. The van der Waals surface area contributed by atoms with Crippen molar-refractivity contribution in [1.82, 2.24) is 0 Å². The molecule has 7 heteroatoms. The summed E-state index contributed by atoms with van der Waals surface area (Å²) in [6.45, 7) is 1.34. The van der Waals surface area contributed by atoms with Crippen LogP contribution in [0.4, 0.5) is 8.78 Å². The lowest BCUT2D eigenvalue weighted by molar-refractivity contribution is 0.151. The maximum atomic E-state index is 12.5. The van der Waals surface area contributed by atoms with Crippen molar-refractivity contribution < 1.29 is 17.2 Å². The van der Waals surface area contributed by atoms with Crippen molar-refractivity contribution in [1.29, 1.82) is 5.26 Å². The highest BCUT2D eigenvalue weighted by atomic mass is 35.7. The SMILES string of the molecule is Cc1cc(C(F)F)c(C#N)cc1S(=O)(=O)Cl. The van der Waals surface area contributed by atoms with Gasteiger partial charge in [0.15, 0.2) is 0 Å². The number of rotatable bonds is 2. The molecule has 0 amide bonds. The smallest absolute Gasteiger partial charge is 0.207 e. The molecule has 16 heavy (non-hydrogen) atoms. The van der Waals surface area contributed by atoms with Crippen LogP contribution >= 0.6 is 10.7 Å². The highest BCUT2D eigenvalue weighted by Crippen LogP contribution is 2.29. The van der Waals surface area contributed by atoms with Crippen LogP contribution in [0.15, 0.2) is 17.0 Å². The number of nitrogens with zero attached hydrogens (tertiary/aromatic N) is 1. The number of alkyl halides is 2. The molecule has 0 atom stereocenters. The fraction of sp³-hybridized carbons (Fsp3) is 0.222. The second-order valence-electron chi connectivity index (χ2n) is 3.06. The summed E-state index contributed by atoms with van der Waals surface area (Å²) in [7, 11) is 1.07. The van der Waals surface area contributed by atoms with Gasteiger partial charge in [-0.3, -0.25) is 0 Å². The minimum Gasteiger partial charge on any atom is -0.207 e. The van der Waals surface area contributed by atoms with Crippen LogP contribution in [0.25, 0.3) is 0 Å². The van der Waals surface area contributed by atoms with Crippen molar-refractivity contribution in [2.75, 3.05) is 0 Å². The summed E-state index contributed by atoms with van der Waals surface area (Å²) >= 11 is 0. The Morgan fingerprint density at radius 2 is 2.00 bits per heavy atom. The van der Waals surface area contributed by atoms with Gasteiger partial charge in [-0.1, -0.05) is 0 Å². The highest BCUT2D eigenvalue weighted by molar-refractivity contribution is 8.13. The molecule has 0 bridgehead atoms. The predicted molar refractivity (Wildman–Crippen MR) is 53.9 cm³/mol. The average molecular weight is 266 g/mol. The van der Waals surface area contributed by atoms with Gasteiger partial charge in [0.05, 0.1) is 16.5 Å². The van der Waals surface area contributed by atoms with Gasteiger partial charge in [0, 0.05) is 16.2 Å². The minimum atomic E-state index is -4.03. The summed E-state index contributed by atoms with van der Waals surface area (Å²) in [4.78, 5) is -0.324. The molecule has 1 aromatic rings. The van der Waals surface area contributed by atoms with Crippen molar-refractivity contribution in [3.05, 3.63) is 28.8 Å². The molecule has 0 aliphatic rings. The van der Waals surface area contributed by atoms with Crippen LogP contribution in [0.2, 0.25) is 0 Å². The predicted octanol–water partition coefficient (Wildman–Crippen LogP) is 2.73. The fourth-order valence-corrected chi connectivity index (χ4v) is 2.45. The van der Waals surface area contributed by atoms with Gasteiger partial charge in [-0.2, -0.15) is 5.26 Å². The maximum Gasteiger partial charge on any atom is 0.265 e. The van der Waals surface area contributed by atoms with E-state index in [1.807, 2.05) is 0 Å². The number of hydrogen-bond donors (Lipinski definition) is 0. The summed E-state index contributed by atoms with van der Waals surface area (Å²) < 4.78 is 47.1. The Balaban J connectivity index is 3.58. The van der Waals surface area contributed by atoms with Crippen LogP contribution in [-0.4, -0.2) is 8.42 Å². The molecular weight excluding hydrogens is 260 g/mol. The van der Waals surface area contributed by atoms with Crippen LogP contribution in [0.5, 0.6) is 0 Å². The molecule has 0 radical (unpaired) electrons. The number of halogens is 3. The molecule has 3 nitrogen and oxygen atoms in total. The number of nitriles is 1. The Bertz CT molecular complexity index is 564. The molecule has 1 aromatic carbocycles. The van der Waals surface area contributed by atoms with E-state index < -0.39 is 21.0 Å². The zero-order chi connectivity index (χ0) is 12.5. The van der Waals surface area contributed by atoms with Gasteiger partial charge in [-0.25, -0.2) is 17.2 Å². The van der Waals surface area contributed by atoms with Crippen LogP contribution in [0, 0.1) is 18.3 Å². The van der Waals surface area contributed by atoms with Crippen molar-refractivity contribution in [2.45, 2.75) is 18.2 Å². The third kappa shape index (κ3) is 2.49. The van der Waals surface area contributed by atoms with Gasteiger partial charge in [0.2, 0.25) is 0 Å². The normalized spacial score (nSPS) is 11.5. The van der Waals surface area contributed by atoms with Crippen molar-refractivity contribution in [3.63, 3.8) is 0 Å². The van der Waals surface area contributed by atoms with E-state index in [-0.39, 0.29) is 16.0 Å². The topological polar surface area (TPSA) is 57.9 Å². The molecule has 0 N–H and O–H groups in total. The lowest BCUT2D eigenvalue weighted by atomic mass is 10.1. The third-order valence-corrected chi connectivity index (χ3v) is 3.43. The summed E-state index contributed by atoms with van der Waals surface area (Å²) in [5, 5.41) is 8.63. The molecule has 0 aliphatic carbocycles. The molecule has 1 rings (SSSR count). The van der Waals surface area contributed by atoms with Crippen molar-refractivity contribution >= 4 is 19.7 Å².